The number of nitrogens with zero attached hydrogens (tertiary/aromatic N) is 2. The van der Waals surface area contributed by atoms with E-state index in [1.165, 1.54) is 0 Å². The molecule has 19 heavy (non-hydrogen) atoms. The topological polar surface area (TPSA) is 43.8 Å². The van der Waals surface area contributed by atoms with Crippen molar-refractivity contribution >= 4 is 73.8 Å². The number of benzene rings is 2. The van der Waals surface area contributed by atoms with E-state index in [2.05, 4.69) is 50.2 Å². The van der Waals surface area contributed by atoms with Gasteiger partial charge in [-0.1, -0.05) is 11.6 Å². The largest absolute Gasteiger partial charge is 0.369 e. The second kappa shape index (κ2) is 5.10. The van der Waals surface area contributed by atoms with E-state index in [0.717, 1.165) is 23.9 Å². The van der Waals surface area contributed by atoms with Crippen molar-refractivity contribution in [3.63, 3.8) is 0 Å². The average Bonchev–Trinajstić information content (AvgIpc) is 2.65. The highest BCUT2D eigenvalue weighted by Gasteiger charge is 2.12. The fourth-order valence-corrected chi connectivity index (χ4v) is 3.40. The SMILES string of the molecule is Nc1nc2cc(I)ccc2n1-c1ccc(I)cc1Cl. The molecule has 1 heterocycles. The lowest BCUT2D eigenvalue weighted by Gasteiger charge is -2.09. The highest BCUT2D eigenvalue weighted by molar-refractivity contribution is 14.1. The molecule has 0 radical (unpaired) electrons. The highest BCUT2D eigenvalue weighted by atomic mass is 127. The minimum absolute atomic E-state index is 0.445. The van der Waals surface area contributed by atoms with Gasteiger partial charge in [-0.3, -0.25) is 4.57 Å². The molecule has 0 saturated carbocycles. The maximum absolute atomic E-state index is 6.31. The van der Waals surface area contributed by atoms with E-state index in [9.17, 15) is 0 Å². The van der Waals surface area contributed by atoms with Crippen LogP contribution in [0.5, 0.6) is 0 Å². The zero-order valence-electron chi connectivity index (χ0n) is 9.57. The molecule has 0 unspecified atom stereocenters. The van der Waals surface area contributed by atoms with Crippen molar-refractivity contribution in [1.29, 1.82) is 0 Å². The Hall–Kier alpha value is -0.540. The van der Waals surface area contributed by atoms with Gasteiger partial charge in [0, 0.05) is 7.14 Å². The van der Waals surface area contributed by atoms with Crippen molar-refractivity contribution in [2.45, 2.75) is 0 Å². The number of fused-ring (bicyclic) bond motifs is 1. The van der Waals surface area contributed by atoms with E-state index in [0.29, 0.717) is 11.0 Å². The van der Waals surface area contributed by atoms with Crippen LogP contribution in [0, 0.1) is 7.14 Å². The maximum Gasteiger partial charge on any atom is 0.205 e. The quantitative estimate of drug-likeness (QED) is 0.507. The molecule has 0 fully saturated rings. The zero-order valence-corrected chi connectivity index (χ0v) is 14.6. The van der Waals surface area contributed by atoms with Crippen LogP contribution in [-0.2, 0) is 0 Å². The monoisotopic (exact) mass is 495 g/mol. The fourth-order valence-electron chi connectivity index (χ4n) is 1.99. The number of aromatic nitrogens is 2. The molecule has 0 atom stereocenters. The normalized spacial score (nSPS) is 11.1. The van der Waals surface area contributed by atoms with Crippen molar-refractivity contribution in [3.8, 4) is 5.69 Å². The third-order valence-electron chi connectivity index (χ3n) is 2.79. The molecule has 0 saturated heterocycles. The summed E-state index contributed by atoms with van der Waals surface area (Å²) in [6, 6.07) is 11.9. The maximum atomic E-state index is 6.31. The third kappa shape index (κ3) is 2.43. The van der Waals surface area contributed by atoms with Gasteiger partial charge in [-0.05, 0) is 81.6 Å². The van der Waals surface area contributed by atoms with Gasteiger partial charge in [0.05, 0.1) is 21.7 Å². The van der Waals surface area contributed by atoms with E-state index in [4.69, 9.17) is 17.3 Å². The van der Waals surface area contributed by atoms with Crippen LogP contribution in [0.2, 0.25) is 5.02 Å². The van der Waals surface area contributed by atoms with Crippen LogP contribution in [-0.4, -0.2) is 9.55 Å². The van der Waals surface area contributed by atoms with Crippen molar-refractivity contribution in [1.82, 2.24) is 9.55 Å². The minimum atomic E-state index is 0.445. The molecule has 2 aromatic carbocycles. The highest BCUT2D eigenvalue weighted by Crippen LogP contribution is 2.29. The van der Waals surface area contributed by atoms with Gasteiger partial charge in [0.25, 0.3) is 0 Å². The number of anilines is 1. The van der Waals surface area contributed by atoms with Crippen LogP contribution >= 0.6 is 56.8 Å². The van der Waals surface area contributed by atoms with Crippen LogP contribution in [0.3, 0.4) is 0 Å². The smallest absolute Gasteiger partial charge is 0.205 e. The Morgan fingerprint density at radius 1 is 1.05 bits per heavy atom. The molecule has 0 aliphatic carbocycles. The lowest BCUT2D eigenvalue weighted by atomic mass is 10.3. The number of hydrogen-bond acceptors (Lipinski definition) is 2. The first-order chi connectivity index (χ1) is 9.06. The van der Waals surface area contributed by atoms with Gasteiger partial charge >= 0.3 is 0 Å². The first kappa shape index (κ1) is 13.4. The summed E-state index contributed by atoms with van der Waals surface area (Å²) < 4.78 is 4.09. The Bertz CT molecular complexity index is 783. The molecule has 6 heteroatoms. The van der Waals surface area contributed by atoms with Crippen LogP contribution < -0.4 is 5.73 Å². The fraction of sp³-hybridized carbons (Fsp3) is 0. The van der Waals surface area contributed by atoms with Crippen LogP contribution in [0.15, 0.2) is 36.4 Å². The van der Waals surface area contributed by atoms with E-state index < -0.39 is 0 Å². The number of halogens is 3. The predicted octanol–water partition coefficient (Wildman–Crippen LogP) is 4.47. The summed E-state index contributed by atoms with van der Waals surface area (Å²) >= 11 is 10.8. The summed E-state index contributed by atoms with van der Waals surface area (Å²) in [6.45, 7) is 0. The second-order valence-corrected chi connectivity index (χ2v) is 6.93. The number of imidazole rings is 1. The molecule has 3 rings (SSSR count). The Kier molecular flexibility index (Phi) is 3.61. The minimum Gasteiger partial charge on any atom is -0.369 e. The first-order valence-electron chi connectivity index (χ1n) is 5.45. The Labute approximate surface area is 142 Å². The molecular formula is C13H8ClI2N3. The lowest BCUT2D eigenvalue weighted by molar-refractivity contribution is 1.11. The van der Waals surface area contributed by atoms with Crippen molar-refractivity contribution in [2.75, 3.05) is 5.73 Å². The molecule has 96 valence electrons. The summed E-state index contributed by atoms with van der Waals surface area (Å²) in [7, 11) is 0. The summed E-state index contributed by atoms with van der Waals surface area (Å²) in [6.07, 6.45) is 0. The lowest BCUT2D eigenvalue weighted by Crippen LogP contribution is -2.01. The predicted molar refractivity (Wildman–Crippen MR) is 95.9 cm³/mol. The van der Waals surface area contributed by atoms with Gasteiger partial charge in [0.2, 0.25) is 5.95 Å². The number of hydrogen-bond donors (Lipinski definition) is 1. The summed E-state index contributed by atoms with van der Waals surface area (Å²) in [5.74, 6) is 0.445. The number of nitrogens with two attached hydrogens (primary N) is 1. The molecule has 3 aromatic rings. The Morgan fingerprint density at radius 3 is 2.47 bits per heavy atom. The van der Waals surface area contributed by atoms with Gasteiger partial charge in [-0.15, -0.1) is 0 Å². The van der Waals surface area contributed by atoms with E-state index in [1.807, 2.05) is 41.0 Å². The van der Waals surface area contributed by atoms with Gasteiger partial charge in [-0.2, -0.15) is 0 Å². The van der Waals surface area contributed by atoms with Gasteiger partial charge in [0.15, 0.2) is 0 Å². The molecule has 3 nitrogen and oxygen atoms in total. The van der Waals surface area contributed by atoms with Crippen molar-refractivity contribution < 1.29 is 0 Å². The van der Waals surface area contributed by atoms with E-state index >= 15 is 0 Å². The van der Waals surface area contributed by atoms with Crippen molar-refractivity contribution in [2.24, 2.45) is 0 Å². The number of rotatable bonds is 1. The molecular weight excluding hydrogens is 487 g/mol. The Morgan fingerprint density at radius 2 is 1.74 bits per heavy atom. The van der Waals surface area contributed by atoms with Crippen molar-refractivity contribution in [3.05, 3.63) is 48.6 Å². The molecule has 1 aromatic heterocycles. The molecule has 0 bridgehead atoms. The summed E-state index contributed by atoms with van der Waals surface area (Å²) in [5.41, 5.74) is 8.71. The molecule has 0 spiro atoms. The van der Waals surface area contributed by atoms with Gasteiger partial charge < -0.3 is 5.73 Å². The third-order valence-corrected chi connectivity index (χ3v) is 4.44. The average molecular weight is 495 g/mol. The van der Waals surface area contributed by atoms with Crippen LogP contribution in [0.1, 0.15) is 0 Å². The summed E-state index contributed by atoms with van der Waals surface area (Å²) in [4.78, 5) is 4.39. The second-order valence-electron chi connectivity index (χ2n) is 4.03. The Balaban J connectivity index is 2.33. The van der Waals surface area contributed by atoms with Crippen LogP contribution in [0.4, 0.5) is 5.95 Å². The molecule has 2 N–H and O–H groups in total. The number of nitrogen functional groups attached to an aromatic ring is 1. The van der Waals surface area contributed by atoms with E-state index in [-0.39, 0.29) is 0 Å². The molecule has 0 amide bonds. The molecule has 0 aliphatic rings. The van der Waals surface area contributed by atoms with E-state index in [1.54, 1.807) is 0 Å². The zero-order chi connectivity index (χ0) is 13.6. The molecule has 0 aliphatic heterocycles. The first-order valence-corrected chi connectivity index (χ1v) is 7.99. The van der Waals surface area contributed by atoms with Crippen LogP contribution in [0.25, 0.3) is 16.7 Å². The summed E-state index contributed by atoms with van der Waals surface area (Å²) in [5, 5.41) is 0.663. The standard InChI is InChI=1S/C13H8ClI2N3/c14-9-5-7(15)1-3-11(9)19-12-4-2-8(16)6-10(12)18-13(19)17/h1-6H,(H2,17,18). The van der Waals surface area contributed by atoms with Gasteiger partial charge in [-0.25, -0.2) is 4.98 Å². The van der Waals surface area contributed by atoms with Gasteiger partial charge in [0.1, 0.15) is 0 Å².